The molecule has 0 aliphatic carbocycles. The summed E-state index contributed by atoms with van der Waals surface area (Å²) in [6, 6.07) is 0. The molecule has 6 heteroatoms. The largest absolute Gasteiger partial charge is 0.462 e. The van der Waals surface area contributed by atoms with Crippen LogP contribution < -0.4 is 0 Å². The molecule has 0 aromatic heterocycles. The van der Waals surface area contributed by atoms with Crippen LogP contribution in [0, 0.1) is 0 Å². The van der Waals surface area contributed by atoms with Gasteiger partial charge in [-0.2, -0.15) is 0 Å². The third-order valence-corrected chi connectivity index (χ3v) is 16.8. The van der Waals surface area contributed by atoms with Gasteiger partial charge in [0.25, 0.3) is 0 Å². The second-order valence-electron chi connectivity index (χ2n) is 25.2. The number of hydrogen-bond donors (Lipinski definition) is 0. The van der Waals surface area contributed by atoms with Gasteiger partial charge in [0.05, 0.1) is 0 Å². The number of carbonyl (C=O) groups is 3. The van der Waals surface area contributed by atoms with Crippen LogP contribution in [0.15, 0.2) is 48.6 Å². The maximum absolute atomic E-state index is 13.0. The monoisotopic (exact) mass is 1160 g/mol. The fraction of sp³-hybridized carbons (Fsp3) is 0.857. The Kier molecular flexibility index (Phi) is 69.6. The Balaban J connectivity index is 4.15. The molecule has 486 valence electrons. The van der Waals surface area contributed by atoms with Crippen LogP contribution in [0.4, 0.5) is 0 Å². The number of unbranched alkanes of at least 4 members (excludes halogenated alkanes) is 50. The summed E-state index contributed by atoms with van der Waals surface area (Å²) in [4.78, 5) is 38.4. The molecule has 6 nitrogen and oxygen atoms in total. The first kappa shape index (κ1) is 80.4. The van der Waals surface area contributed by atoms with Gasteiger partial charge in [-0.15, -0.1) is 0 Å². The summed E-state index contributed by atoms with van der Waals surface area (Å²) in [5.74, 6) is -0.854. The molecule has 0 aromatic rings. The highest BCUT2D eigenvalue weighted by Gasteiger charge is 2.19. The third kappa shape index (κ3) is 70.0. The van der Waals surface area contributed by atoms with Crippen LogP contribution in [0.2, 0.25) is 0 Å². The molecule has 0 rings (SSSR count). The van der Waals surface area contributed by atoms with Gasteiger partial charge >= 0.3 is 17.9 Å². The molecule has 0 saturated carbocycles. The Morgan fingerprint density at radius 1 is 0.241 bits per heavy atom. The molecule has 0 bridgehead atoms. The van der Waals surface area contributed by atoms with Crippen molar-refractivity contribution >= 4 is 17.9 Å². The SMILES string of the molecule is CCCC/C=C\CCCCCCCC(=O)OCC(COC(=O)CCCCCCCCCCCCCCCC/C=C\C/C=C\C/C=C\CCCCCCC)OC(=O)CCCCCCCCCCCCCCCCCCCCCCCCCCC. The van der Waals surface area contributed by atoms with Gasteiger partial charge in [0, 0.05) is 19.3 Å². The lowest BCUT2D eigenvalue weighted by Crippen LogP contribution is -2.30. The average molecular weight is 1160 g/mol. The highest BCUT2D eigenvalue weighted by Crippen LogP contribution is 2.19. The minimum atomic E-state index is -0.775. The summed E-state index contributed by atoms with van der Waals surface area (Å²) in [5, 5.41) is 0. The first-order valence-corrected chi connectivity index (χ1v) is 37.1. The van der Waals surface area contributed by atoms with Crippen molar-refractivity contribution in [3.05, 3.63) is 48.6 Å². The molecular formula is C77H142O6. The first-order valence-electron chi connectivity index (χ1n) is 37.1. The molecule has 1 atom stereocenters. The summed E-state index contributed by atoms with van der Waals surface area (Å²) >= 11 is 0. The highest BCUT2D eigenvalue weighted by atomic mass is 16.6. The Bertz CT molecular complexity index is 1430. The minimum Gasteiger partial charge on any atom is -0.462 e. The number of carbonyl (C=O) groups excluding carboxylic acids is 3. The van der Waals surface area contributed by atoms with Crippen molar-refractivity contribution in [3.63, 3.8) is 0 Å². The van der Waals surface area contributed by atoms with Gasteiger partial charge in [-0.1, -0.05) is 358 Å². The highest BCUT2D eigenvalue weighted by molar-refractivity contribution is 5.71. The van der Waals surface area contributed by atoms with Crippen molar-refractivity contribution in [2.24, 2.45) is 0 Å². The second-order valence-corrected chi connectivity index (χ2v) is 25.2. The predicted molar refractivity (Wildman–Crippen MR) is 362 cm³/mol. The topological polar surface area (TPSA) is 78.9 Å². The van der Waals surface area contributed by atoms with E-state index < -0.39 is 6.10 Å². The molecule has 83 heavy (non-hydrogen) atoms. The molecule has 0 N–H and O–H groups in total. The quantitative estimate of drug-likeness (QED) is 0.0261. The van der Waals surface area contributed by atoms with Crippen LogP contribution in [-0.4, -0.2) is 37.2 Å². The molecule has 0 amide bonds. The third-order valence-electron chi connectivity index (χ3n) is 16.8. The van der Waals surface area contributed by atoms with Crippen LogP contribution in [0.5, 0.6) is 0 Å². The van der Waals surface area contributed by atoms with Crippen molar-refractivity contribution in [2.75, 3.05) is 13.2 Å². The Morgan fingerprint density at radius 3 is 0.723 bits per heavy atom. The number of esters is 3. The number of hydrogen-bond acceptors (Lipinski definition) is 6. The van der Waals surface area contributed by atoms with Gasteiger partial charge in [-0.25, -0.2) is 0 Å². The van der Waals surface area contributed by atoms with Crippen molar-refractivity contribution in [1.29, 1.82) is 0 Å². The van der Waals surface area contributed by atoms with Gasteiger partial charge in [0.2, 0.25) is 0 Å². The van der Waals surface area contributed by atoms with Gasteiger partial charge < -0.3 is 14.2 Å². The van der Waals surface area contributed by atoms with Gasteiger partial charge in [0.1, 0.15) is 13.2 Å². The smallest absolute Gasteiger partial charge is 0.306 e. The molecule has 0 heterocycles. The van der Waals surface area contributed by atoms with Gasteiger partial charge in [0.15, 0.2) is 6.10 Å². The molecule has 1 unspecified atom stereocenters. The number of allylic oxidation sites excluding steroid dienone is 8. The Hall–Kier alpha value is -2.63. The molecule has 0 aromatic carbocycles. The molecule has 0 aliphatic rings. The lowest BCUT2D eigenvalue weighted by molar-refractivity contribution is -0.167. The summed E-state index contributed by atoms with van der Waals surface area (Å²) in [5.41, 5.74) is 0. The van der Waals surface area contributed by atoms with Crippen LogP contribution in [0.25, 0.3) is 0 Å². The van der Waals surface area contributed by atoms with Gasteiger partial charge in [-0.05, 0) is 77.0 Å². The molecular weight excluding hydrogens is 1020 g/mol. The molecule has 0 fully saturated rings. The zero-order chi connectivity index (χ0) is 59.9. The van der Waals surface area contributed by atoms with E-state index in [1.165, 1.54) is 289 Å². The van der Waals surface area contributed by atoms with Crippen LogP contribution >= 0.6 is 0 Å². The van der Waals surface area contributed by atoms with E-state index in [1.807, 2.05) is 0 Å². The Morgan fingerprint density at radius 2 is 0.446 bits per heavy atom. The fourth-order valence-electron chi connectivity index (χ4n) is 11.2. The predicted octanol–water partition coefficient (Wildman–Crippen LogP) is 25.7. The molecule has 0 spiro atoms. The van der Waals surface area contributed by atoms with E-state index in [9.17, 15) is 14.4 Å². The fourth-order valence-corrected chi connectivity index (χ4v) is 11.2. The van der Waals surface area contributed by atoms with E-state index in [-0.39, 0.29) is 31.1 Å². The summed E-state index contributed by atoms with van der Waals surface area (Å²) < 4.78 is 17.0. The molecule has 0 aliphatic heterocycles. The second kappa shape index (κ2) is 71.8. The zero-order valence-corrected chi connectivity index (χ0v) is 56.0. The van der Waals surface area contributed by atoms with E-state index in [0.29, 0.717) is 19.3 Å². The summed E-state index contributed by atoms with van der Waals surface area (Å²) in [6.45, 7) is 6.66. The van der Waals surface area contributed by atoms with Crippen LogP contribution in [0.1, 0.15) is 406 Å². The van der Waals surface area contributed by atoms with E-state index in [0.717, 1.165) is 77.0 Å². The lowest BCUT2D eigenvalue weighted by atomic mass is 10.0. The maximum Gasteiger partial charge on any atom is 0.306 e. The number of rotatable bonds is 69. The summed E-state index contributed by atoms with van der Waals surface area (Å²) in [6.07, 6.45) is 91.6. The van der Waals surface area contributed by atoms with Gasteiger partial charge in [-0.3, -0.25) is 14.4 Å². The van der Waals surface area contributed by atoms with Crippen LogP contribution in [-0.2, 0) is 28.6 Å². The number of ether oxygens (including phenoxy) is 3. The normalized spacial score (nSPS) is 12.3. The van der Waals surface area contributed by atoms with Crippen molar-refractivity contribution in [3.8, 4) is 0 Å². The van der Waals surface area contributed by atoms with E-state index in [2.05, 4.69) is 69.4 Å². The molecule has 0 radical (unpaired) electrons. The van der Waals surface area contributed by atoms with Crippen molar-refractivity contribution in [2.45, 2.75) is 412 Å². The maximum atomic E-state index is 13.0. The van der Waals surface area contributed by atoms with Crippen molar-refractivity contribution < 1.29 is 28.6 Å². The minimum absolute atomic E-state index is 0.0713. The average Bonchev–Trinajstić information content (AvgIpc) is 3.48. The summed E-state index contributed by atoms with van der Waals surface area (Å²) in [7, 11) is 0. The van der Waals surface area contributed by atoms with E-state index in [1.54, 1.807) is 0 Å². The van der Waals surface area contributed by atoms with Crippen LogP contribution in [0.3, 0.4) is 0 Å². The zero-order valence-electron chi connectivity index (χ0n) is 56.0. The first-order chi connectivity index (χ1) is 41.0. The van der Waals surface area contributed by atoms with E-state index in [4.69, 9.17) is 14.2 Å². The lowest BCUT2D eigenvalue weighted by Gasteiger charge is -2.18. The Labute approximate surface area is 518 Å². The molecule has 0 saturated heterocycles. The van der Waals surface area contributed by atoms with Crippen molar-refractivity contribution in [1.82, 2.24) is 0 Å². The van der Waals surface area contributed by atoms with E-state index >= 15 is 0 Å². The standard InChI is InChI=1S/C77H142O6/c1-4-7-10-13-16-19-22-24-26-28-30-32-34-36-37-38-39-41-42-44-46-48-50-52-55-58-61-64-67-70-76(79)82-73-74(72-81-75(78)69-66-63-60-57-54-21-18-15-12-9-6-3)83-77(80)71-68-65-62-59-56-53-51-49-47-45-43-40-35-33-31-29-27-25-23-20-17-14-11-8-5-2/h15,18,22,24,28,30,34,36,74H,4-14,16-17,19-21,23,25-27,29,31-33,35,37-73H2,1-3H3/b18-15-,24-22-,30-28-,36-34-.